The Morgan fingerprint density at radius 1 is 1.15 bits per heavy atom. The molecule has 4 aromatic rings. The first-order chi connectivity index (χ1) is 13.1. The number of aromatic nitrogens is 2. The van der Waals surface area contributed by atoms with Gasteiger partial charge < -0.3 is 4.74 Å². The van der Waals surface area contributed by atoms with Gasteiger partial charge in [0.2, 0.25) is 0 Å². The summed E-state index contributed by atoms with van der Waals surface area (Å²) in [5.41, 5.74) is 2.93. The molecule has 0 bridgehead atoms. The SMILES string of the molecule is Cc1ccc(-c2csc3ncn(CCOc4ccccc4F)c(=O)c23)cc1. The van der Waals surface area contributed by atoms with Crippen LogP contribution in [-0.2, 0) is 6.54 Å². The Bertz CT molecular complexity index is 1150. The van der Waals surface area contributed by atoms with Crippen LogP contribution in [0.25, 0.3) is 21.3 Å². The summed E-state index contributed by atoms with van der Waals surface area (Å²) in [6.07, 6.45) is 1.52. The predicted molar refractivity (Wildman–Crippen MR) is 106 cm³/mol. The molecule has 0 unspecified atom stereocenters. The first-order valence-electron chi connectivity index (χ1n) is 8.54. The topological polar surface area (TPSA) is 44.1 Å². The van der Waals surface area contributed by atoms with E-state index in [0.717, 1.165) is 11.1 Å². The van der Waals surface area contributed by atoms with E-state index in [1.165, 1.54) is 33.9 Å². The summed E-state index contributed by atoms with van der Waals surface area (Å²) < 4.78 is 20.6. The van der Waals surface area contributed by atoms with E-state index in [1.54, 1.807) is 18.2 Å². The average molecular weight is 380 g/mol. The van der Waals surface area contributed by atoms with Crippen molar-refractivity contribution in [2.24, 2.45) is 0 Å². The third-order valence-corrected chi connectivity index (χ3v) is 5.24. The molecular formula is C21H17FN2O2S. The lowest BCUT2D eigenvalue weighted by Gasteiger charge is -2.09. The Morgan fingerprint density at radius 2 is 1.93 bits per heavy atom. The van der Waals surface area contributed by atoms with Gasteiger partial charge in [-0.05, 0) is 24.6 Å². The standard InChI is InChI=1S/C21H17FN2O2S/c1-14-6-8-15(9-7-14)16-12-27-20-19(16)21(25)24(13-23-20)10-11-26-18-5-3-2-4-17(18)22/h2-9,12-13H,10-11H2,1H3. The van der Waals surface area contributed by atoms with Gasteiger partial charge in [0.15, 0.2) is 11.6 Å². The molecule has 136 valence electrons. The van der Waals surface area contributed by atoms with E-state index < -0.39 is 5.82 Å². The molecule has 0 spiro atoms. The van der Waals surface area contributed by atoms with Gasteiger partial charge in [-0.15, -0.1) is 11.3 Å². The molecule has 0 saturated heterocycles. The number of hydrogen-bond acceptors (Lipinski definition) is 4. The molecule has 0 aliphatic carbocycles. The Balaban J connectivity index is 1.62. The van der Waals surface area contributed by atoms with E-state index in [-0.39, 0.29) is 17.9 Å². The highest BCUT2D eigenvalue weighted by Gasteiger charge is 2.13. The minimum absolute atomic E-state index is 0.117. The predicted octanol–water partition coefficient (Wildman–Crippen LogP) is 4.65. The van der Waals surface area contributed by atoms with Gasteiger partial charge in [-0.3, -0.25) is 9.36 Å². The number of fused-ring (bicyclic) bond motifs is 1. The van der Waals surface area contributed by atoms with Crippen molar-refractivity contribution in [1.82, 2.24) is 9.55 Å². The summed E-state index contributed by atoms with van der Waals surface area (Å²) >= 11 is 1.45. The normalized spacial score (nSPS) is 11.0. The van der Waals surface area contributed by atoms with Crippen LogP contribution in [0.4, 0.5) is 4.39 Å². The summed E-state index contributed by atoms with van der Waals surface area (Å²) in [6.45, 7) is 2.50. The molecule has 0 radical (unpaired) electrons. The van der Waals surface area contributed by atoms with Crippen molar-refractivity contribution in [3.8, 4) is 16.9 Å². The number of hydrogen-bond donors (Lipinski definition) is 0. The van der Waals surface area contributed by atoms with Crippen molar-refractivity contribution in [2.45, 2.75) is 13.5 Å². The number of para-hydroxylation sites is 1. The van der Waals surface area contributed by atoms with E-state index in [1.807, 2.05) is 36.6 Å². The second-order valence-corrected chi connectivity index (χ2v) is 7.08. The van der Waals surface area contributed by atoms with Crippen LogP contribution in [0.3, 0.4) is 0 Å². The Kier molecular flexibility index (Phi) is 4.73. The zero-order chi connectivity index (χ0) is 18.8. The number of aryl methyl sites for hydroxylation is 1. The van der Waals surface area contributed by atoms with Gasteiger partial charge >= 0.3 is 0 Å². The van der Waals surface area contributed by atoms with Crippen molar-refractivity contribution < 1.29 is 9.13 Å². The smallest absolute Gasteiger partial charge is 0.262 e. The van der Waals surface area contributed by atoms with Gasteiger partial charge in [0.05, 0.1) is 18.3 Å². The Morgan fingerprint density at radius 3 is 2.70 bits per heavy atom. The first-order valence-corrected chi connectivity index (χ1v) is 9.42. The number of benzene rings is 2. The van der Waals surface area contributed by atoms with Crippen molar-refractivity contribution in [3.05, 3.63) is 82.0 Å². The number of thiophene rings is 1. The molecule has 6 heteroatoms. The van der Waals surface area contributed by atoms with Gasteiger partial charge in [0.1, 0.15) is 11.4 Å². The maximum Gasteiger partial charge on any atom is 0.262 e. The number of ether oxygens (including phenoxy) is 1. The molecule has 0 aliphatic rings. The third kappa shape index (κ3) is 3.48. The highest BCUT2D eigenvalue weighted by Crippen LogP contribution is 2.30. The molecule has 0 atom stereocenters. The zero-order valence-corrected chi connectivity index (χ0v) is 15.5. The van der Waals surface area contributed by atoms with Crippen LogP contribution in [0.1, 0.15) is 5.56 Å². The fraction of sp³-hybridized carbons (Fsp3) is 0.143. The van der Waals surface area contributed by atoms with Crippen molar-refractivity contribution in [2.75, 3.05) is 6.61 Å². The number of halogens is 1. The van der Waals surface area contributed by atoms with E-state index >= 15 is 0 Å². The lowest BCUT2D eigenvalue weighted by Crippen LogP contribution is -2.23. The molecule has 4 nitrogen and oxygen atoms in total. The van der Waals surface area contributed by atoms with Gasteiger partial charge in [-0.1, -0.05) is 42.0 Å². The fourth-order valence-corrected chi connectivity index (χ4v) is 3.79. The number of nitrogens with zero attached hydrogens (tertiary/aromatic N) is 2. The second kappa shape index (κ2) is 7.32. The molecule has 0 saturated carbocycles. The molecule has 0 N–H and O–H groups in total. The van der Waals surface area contributed by atoms with E-state index in [0.29, 0.717) is 16.8 Å². The summed E-state index contributed by atoms with van der Waals surface area (Å²) in [4.78, 5) is 18.1. The maximum absolute atomic E-state index is 13.6. The van der Waals surface area contributed by atoms with Crippen LogP contribution >= 0.6 is 11.3 Å². The van der Waals surface area contributed by atoms with Crippen LogP contribution in [0.15, 0.2) is 65.0 Å². The summed E-state index contributed by atoms with van der Waals surface area (Å²) in [6, 6.07) is 14.3. The quantitative estimate of drug-likeness (QED) is 0.506. The van der Waals surface area contributed by atoms with Crippen molar-refractivity contribution in [3.63, 3.8) is 0 Å². The summed E-state index contributed by atoms with van der Waals surface area (Å²) in [5.74, 6) is -0.242. The van der Waals surface area contributed by atoms with E-state index in [4.69, 9.17) is 4.74 Å². The van der Waals surface area contributed by atoms with Crippen molar-refractivity contribution >= 4 is 21.6 Å². The Hall–Kier alpha value is -2.99. The average Bonchev–Trinajstić information content (AvgIpc) is 3.11. The monoisotopic (exact) mass is 380 g/mol. The lowest BCUT2D eigenvalue weighted by molar-refractivity contribution is 0.282. The third-order valence-electron chi connectivity index (χ3n) is 4.35. The van der Waals surface area contributed by atoms with Crippen LogP contribution in [0, 0.1) is 12.7 Å². The molecule has 2 aromatic heterocycles. The van der Waals surface area contributed by atoms with Crippen LogP contribution < -0.4 is 10.3 Å². The summed E-state index contributed by atoms with van der Waals surface area (Å²) in [7, 11) is 0. The first kappa shape index (κ1) is 17.4. The zero-order valence-electron chi connectivity index (χ0n) is 14.7. The van der Waals surface area contributed by atoms with Crippen LogP contribution in [0.2, 0.25) is 0 Å². The minimum Gasteiger partial charge on any atom is -0.489 e. The second-order valence-electron chi connectivity index (χ2n) is 6.22. The van der Waals surface area contributed by atoms with Crippen molar-refractivity contribution in [1.29, 1.82) is 0 Å². The molecule has 4 rings (SSSR count). The largest absolute Gasteiger partial charge is 0.489 e. The van der Waals surface area contributed by atoms with E-state index in [9.17, 15) is 9.18 Å². The molecule has 2 aromatic carbocycles. The molecule has 0 fully saturated rings. The fourth-order valence-electron chi connectivity index (χ4n) is 2.89. The molecular weight excluding hydrogens is 363 g/mol. The van der Waals surface area contributed by atoms with Gasteiger partial charge in [0.25, 0.3) is 5.56 Å². The lowest BCUT2D eigenvalue weighted by atomic mass is 10.1. The molecule has 0 amide bonds. The van der Waals surface area contributed by atoms with Gasteiger partial charge in [-0.2, -0.15) is 0 Å². The minimum atomic E-state index is -0.419. The van der Waals surface area contributed by atoms with Crippen LogP contribution in [-0.4, -0.2) is 16.2 Å². The highest BCUT2D eigenvalue weighted by atomic mass is 32.1. The van der Waals surface area contributed by atoms with Crippen LogP contribution in [0.5, 0.6) is 5.75 Å². The highest BCUT2D eigenvalue weighted by molar-refractivity contribution is 7.17. The maximum atomic E-state index is 13.6. The van der Waals surface area contributed by atoms with Gasteiger partial charge in [0, 0.05) is 10.9 Å². The Labute approximate surface area is 159 Å². The van der Waals surface area contributed by atoms with E-state index in [2.05, 4.69) is 4.98 Å². The molecule has 27 heavy (non-hydrogen) atoms. The van der Waals surface area contributed by atoms with Gasteiger partial charge in [-0.25, -0.2) is 9.37 Å². The molecule has 2 heterocycles. The molecule has 0 aliphatic heterocycles. The number of rotatable bonds is 5. The summed E-state index contributed by atoms with van der Waals surface area (Å²) in [5, 5.41) is 2.57.